The second-order valence-electron chi connectivity index (χ2n) is 3.39. The molecule has 6 nitrogen and oxygen atoms in total. The molecule has 1 unspecified atom stereocenters. The average molecular weight is 227 g/mol. The standard InChI is InChI=1S/C10H13NO5/c1-2-4(10(11)16)7-5(12)3-6(13)8(14)9(7)15/h3-4,12-15H,2H2,1H3,(H2,11,16). The molecule has 6 heteroatoms. The number of nitrogens with two attached hydrogens (primary N) is 1. The van der Waals surface area contributed by atoms with E-state index in [4.69, 9.17) is 10.8 Å². The lowest BCUT2D eigenvalue weighted by Crippen LogP contribution is -2.21. The number of carbonyl (C=O) groups excluding carboxylic acids is 1. The largest absolute Gasteiger partial charge is 0.507 e. The van der Waals surface area contributed by atoms with Gasteiger partial charge < -0.3 is 26.2 Å². The second-order valence-corrected chi connectivity index (χ2v) is 3.39. The van der Waals surface area contributed by atoms with Gasteiger partial charge >= 0.3 is 0 Å². The summed E-state index contributed by atoms with van der Waals surface area (Å²) >= 11 is 0. The van der Waals surface area contributed by atoms with E-state index in [0.717, 1.165) is 6.07 Å². The third-order valence-electron chi connectivity index (χ3n) is 2.37. The highest BCUT2D eigenvalue weighted by molar-refractivity contribution is 5.84. The van der Waals surface area contributed by atoms with Crippen molar-refractivity contribution in [1.29, 1.82) is 0 Å². The summed E-state index contributed by atoms with van der Waals surface area (Å²) in [5.74, 6) is -4.34. The number of rotatable bonds is 3. The molecule has 1 amide bonds. The lowest BCUT2D eigenvalue weighted by molar-refractivity contribution is -0.119. The zero-order valence-electron chi connectivity index (χ0n) is 8.64. The fraction of sp³-hybridized carbons (Fsp3) is 0.300. The van der Waals surface area contributed by atoms with Gasteiger partial charge in [-0.05, 0) is 6.42 Å². The van der Waals surface area contributed by atoms with E-state index in [1.54, 1.807) is 6.92 Å². The van der Waals surface area contributed by atoms with E-state index in [0.29, 0.717) is 0 Å². The van der Waals surface area contributed by atoms with E-state index in [1.165, 1.54) is 0 Å². The molecule has 0 radical (unpaired) electrons. The van der Waals surface area contributed by atoms with Gasteiger partial charge in [-0.1, -0.05) is 6.92 Å². The molecular weight excluding hydrogens is 214 g/mol. The zero-order valence-corrected chi connectivity index (χ0v) is 8.64. The highest BCUT2D eigenvalue weighted by atomic mass is 16.3. The summed E-state index contributed by atoms with van der Waals surface area (Å²) in [6, 6.07) is 0.843. The summed E-state index contributed by atoms with van der Waals surface area (Å²) in [5.41, 5.74) is 4.92. The van der Waals surface area contributed by atoms with Gasteiger partial charge in [-0.3, -0.25) is 4.79 Å². The number of primary amides is 1. The molecule has 0 bridgehead atoms. The highest BCUT2D eigenvalue weighted by Gasteiger charge is 2.26. The van der Waals surface area contributed by atoms with Crippen LogP contribution in [0, 0.1) is 0 Å². The van der Waals surface area contributed by atoms with Crippen molar-refractivity contribution in [2.24, 2.45) is 5.73 Å². The highest BCUT2D eigenvalue weighted by Crippen LogP contribution is 2.46. The molecule has 88 valence electrons. The Bertz CT molecular complexity index is 430. The van der Waals surface area contributed by atoms with Crippen LogP contribution in [0.2, 0.25) is 0 Å². The molecule has 0 fully saturated rings. The molecule has 0 aliphatic rings. The van der Waals surface area contributed by atoms with Crippen molar-refractivity contribution in [3.05, 3.63) is 11.6 Å². The van der Waals surface area contributed by atoms with Crippen LogP contribution in [0.4, 0.5) is 0 Å². The van der Waals surface area contributed by atoms with E-state index < -0.39 is 34.8 Å². The third kappa shape index (κ3) is 1.81. The summed E-state index contributed by atoms with van der Waals surface area (Å²) in [4.78, 5) is 11.1. The lowest BCUT2D eigenvalue weighted by atomic mass is 9.93. The fourth-order valence-corrected chi connectivity index (χ4v) is 1.54. The molecule has 1 atom stereocenters. The predicted octanol–water partition coefficient (Wildman–Crippen LogP) is 0.488. The summed E-state index contributed by atoms with van der Waals surface area (Å²) < 4.78 is 0. The molecule has 0 spiro atoms. The maximum atomic E-state index is 11.1. The zero-order chi connectivity index (χ0) is 12.5. The van der Waals surface area contributed by atoms with Gasteiger partial charge in [-0.2, -0.15) is 0 Å². The van der Waals surface area contributed by atoms with Crippen LogP contribution in [-0.2, 0) is 4.79 Å². The Labute approximate surface area is 91.6 Å². The fourth-order valence-electron chi connectivity index (χ4n) is 1.54. The molecule has 6 N–H and O–H groups in total. The maximum absolute atomic E-state index is 11.1. The van der Waals surface area contributed by atoms with Crippen LogP contribution in [0.15, 0.2) is 6.07 Å². The first-order valence-electron chi connectivity index (χ1n) is 4.66. The molecule has 0 aliphatic heterocycles. The molecule has 16 heavy (non-hydrogen) atoms. The SMILES string of the molecule is CCC(C(N)=O)c1c(O)cc(O)c(O)c1O. The first-order chi connectivity index (χ1) is 7.40. The lowest BCUT2D eigenvalue weighted by Gasteiger charge is -2.16. The number of hydrogen-bond donors (Lipinski definition) is 5. The Morgan fingerprint density at radius 1 is 1.25 bits per heavy atom. The smallest absolute Gasteiger partial charge is 0.225 e. The number of phenolic OH excluding ortho intramolecular Hbond substituents is 4. The van der Waals surface area contributed by atoms with Crippen molar-refractivity contribution < 1.29 is 25.2 Å². The molecule has 1 aromatic rings. The molecule has 0 aliphatic carbocycles. The average Bonchev–Trinajstić information content (AvgIpc) is 2.20. The van der Waals surface area contributed by atoms with Gasteiger partial charge in [0.1, 0.15) is 5.75 Å². The summed E-state index contributed by atoms with van der Waals surface area (Å²) in [7, 11) is 0. The molecule has 1 aromatic carbocycles. The second kappa shape index (κ2) is 4.18. The Kier molecular flexibility index (Phi) is 3.12. The van der Waals surface area contributed by atoms with Crippen LogP contribution in [0.3, 0.4) is 0 Å². The van der Waals surface area contributed by atoms with E-state index >= 15 is 0 Å². The number of carbonyl (C=O) groups is 1. The quantitative estimate of drug-likeness (QED) is 0.379. The van der Waals surface area contributed by atoms with Gasteiger partial charge in [-0.15, -0.1) is 0 Å². The van der Waals surface area contributed by atoms with Crippen molar-refractivity contribution in [3.63, 3.8) is 0 Å². The first-order valence-corrected chi connectivity index (χ1v) is 4.66. The van der Waals surface area contributed by atoms with Crippen LogP contribution in [-0.4, -0.2) is 26.3 Å². The maximum Gasteiger partial charge on any atom is 0.225 e. The Balaban J connectivity index is 3.43. The van der Waals surface area contributed by atoms with Gasteiger partial charge in [0.2, 0.25) is 11.7 Å². The minimum atomic E-state index is -0.925. The molecule has 0 heterocycles. The molecule has 1 rings (SSSR count). The van der Waals surface area contributed by atoms with E-state index in [2.05, 4.69) is 0 Å². The number of benzene rings is 1. The Hall–Kier alpha value is -2.11. The summed E-state index contributed by atoms with van der Waals surface area (Å²) in [5, 5.41) is 37.4. The van der Waals surface area contributed by atoms with Crippen LogP contribution < -0.4 is 5.73 Å². The van der Waals surface area contributed by atoms with E-state index in [9.17, 15) is 20.1 Å². The van der Waals surface area contributed by atoms with Crippen molar-refractivity contribution in [3.8, 4) is 23.0 Å². The van der Waals surface area contributed by atoms with Gasteiger partial charge in [0.05, 0.1) is 11.5 Å². The van der Waals surface area contributed by atoms with Crippen LogP contribution in [0.1, 0.15) is 24.8 Å². The molecule has 0 saturated carbocycles. The first kappa shape index (κ1) is 12.0. The predicted molar refractivity (Wildman–Crippen MR) is 55.3 cm³/mol. The van der Waals surface area contributed by atoms with E-state index in [1.807, 2.05) is 0 Å². The Morgan fingerprint density at radius 3 is 2.25 bits per heavy atom. The van der Waals surface area contributed by atoms with Crippen LogP contribution in [0.5, 0.6) is 23.0 Å². The van der Waals surface area contributed by atoms with Gasteiger partial charge in [0, 0.05) is 6.07 Å². The minimum absolute atomic E-state index is 0.176. The molecule has 0 aromatic heterocycles. The van der Waals surface area contributed by atoms with Gasteiger partial charge in [-0.25, -0.2) is 0 Å². The molecule has 0 saturated heterocycles. The van der Waals surface area contributed by atoms with Gasteiger partial charge in [0.25, 0.3) is 0 Å². The topological polar surface area (TPSA) is 124 Å². The van der Waals surface area contributed by atoms with Crippen molar-refractivity contribution in [1.82, 2.24) is 0 Å². The van der Waals surface area contributed by atoms with Crippen molar-refractivity contribution in [2.45, 2.75) is 19.3 Å². The molecular formula is C10H13NO5. The normalized spacial score (nSPS) is 12.3. The monoisotopic (exact) mass is 227 g/mol. The third-order valence-corrected chi connectivity index (χ3v) is 2.37. The summed E-state index contributed by atoms with van der Waals surface area (Å²) in [6.45, 7) is 1.64. The number of aromatic hydroxyl groups is 4. The van der Waals surface area contributed by atoms with E-state index in [-0.39, 0.29) is 12.0 Å². The number of phenols is 4. The number of hydrogen-bond acceptors (Lipinski definition) is 5. The number of amides is 1. The van der Waals surface area contributed by atoms with Crippen LogP contribution >= 0.6 is 0 Å². The van der Waals surface area contributed by atoms with Crippen molar-refractivity contribution in [2.75, 3.05) is 0 Å². The van der Waals surface area contributed by atoms with Crippen LogP contribution in [0.25, 0.3) is 0 Å². The minimum Gasteiger partial charge on any atom is -0.507 e. The Morgan fingerprint density at radius 2 is 1.81 bits per heavy atom. The van der Waals surface area contributed by atoms with Crippen molar-refractivity contribution >= 4 is 5.91 Å². The summed E-state index contributed by atoms with van der Waals surface area (Å²) in [6.07, 6.45) is 0.251. The van der Waals surface area contributed by atoms with Gasteiger partial charge in [0.15, 0.2) is 11.5 Å².